The van der Waals surface area contributed by atoms with Gasteiger partial charge in [0.2, 0.25) is 5.91 Å². The summed E-state index contributed by atoms with van der Waals surface area (Å²) in [5.74, 6) is -0.811. The number of carboxylic acids is 1. The summed E-state index contributed by atoms with van der Waals surface area (Å²) in [4.78, 5) is 28.9. The van der Waals surface area contributed by atoms with E-state index < -0.39 is 5.97 Å². The lowest BCUT2D eigenvalue weighted by Crippen LogP contribution is -2.39. The van der Waals surface area contributed by atoms with Gasteiger partial charge in [-0.1, -0.05) is 30.3 Å². The van der Waals surface area contributed by atoms with Crippen LogP contribution in [0.5, 0.6) is 0 Å². The van der Waals surface area contributed by atoms with Gasteiger partial charge >= 0.3 is 5.97 Å². The predicted molar refractivity (Wildman–Crippen MR) is 109 cm³/mol. The van der Waals surface area contributed by atoms with Crippen LogP contribution in [0.1, 0.15) is 41.4 Å². The molecule has 2 N–H and O–H groups in total. The molecular formula is C22H24N4O3. The molecule has 150 valence electrons. The molecule has 0 saturated carbocycles. The van der Waals surface area contributed by atoms with Crippen molar-refractivity contribution in [2.24, 2.45) is 0 Å². The third kappa shape index (κ3) is 4.39. The van der Waals surface area contributed by atoms with E-state index in [2.05, 4.69) is 28.3 Å². The summed E-state index contributed by atoms with van der Waals surface area (Å²) in [6, 6.07) is 14.4. The molecule has 0 spiro atoms. The molecule has 0 radical (unpaired) electrons. The van der Waals surface area contributed by atoms with Crippen LogP contribution in [0.2, 0.25) is 0 Å². The van der Waals surface area contributed by atoms with Crippen LogP contribution in [-0.2, 0) is 11.2 Å². The molecule has 1 aliphatic heterocycles. The number of nitrogens with one attached hydrogen (secondary N) is 1. The highest BCUT2D eigenvalue weighted by molar-refractivity contribution is 5.86. The Hall–Kier alpha value is -3.35. The molecule has 7 heteroatoms. The van der Waals surface area contributed by atoms with Crippen molar-refractivity contribution in [1.29, 1.82) is 0 Å². The predicted octanol–water partition coefficient (Wildman–Crippen LogP) is 3.37. The number of H-pyrrole nitrogens is 1. The standard InChI is InChI=1S/C22H24N4O3/c27-21(9-7-18-6-8-20(24-18)16-4-2-1-3-5-16)25-12-10-19(11-13-25)26-15-17(14-23-26)22(28)29/h1-6,8,14-15,19,24H,7,9-13H2,(H,28,29). The van der Waals surface area contributed by atoms with Crippen molar-refractivity contribution in [3.63, 3.8) is 0 Å². The third-order valence-electron chi connectivity index (χ3n) is 5.48. The molecule has 3 heterocycles. The van der Waals surface area contributed by atoms with Crippen LogP contribution in [-0.4, -0.2) is 49.7 Å². The SMILES string of the molecule is O=C(O)c1cnn(C2CCN(C(=O)CCc3ccc(-c4ccccc4)[nH]3)CC2)c1. The minimum atomic E-state index is -0.969. The number of aromatic amines is 1. The fourth-order valence-corrected chi connectivity index (χ4v) is 3.80. The molecular weight excluding hydrogens is 368 g/mol. The van der Waals surface area contributed by atoms with E-state index in [0.717, 1.165) is 29.8 Å². The molecule has 1 saturated heterocycles. The second-order valence-electron chi connectivity index (χ2n) is 7.39. The largest absolute Gasteiger partial charge is 0.478 e. The van der Waals surface area contributed by atoms with Crippen LogP contribution in [0.4, 0.5) is 0 Å². The molecule has 1 aromatic carbocycles. The van der Waals surface area contributed by atoms with E-state index in [1.54, 1.807) is 10.9 Å². The molecule has 3 aromatic rings. The van der Waals surface area contributed by atoms with Gasteiger partial charge in [-0.05, 0) is 37.0 Å². The minimum Gasteiger partial charge on any atom is -0.478 e. The van der Waals surface area contributed by atoms with Crippen molar-refractivity contribution in [1.82, 2.24) is 19.7 Å². The molecule has 29 heavy (non-hydrogen) atoms. The van der Waals surface area contributed by atoms with E-state index in [-0.39, 0.29) is 17.5 Å². The van der Waals surface area contributed by atoms with Crippen molar-refractivity contribution in [3.05, 3.63) is 66.1 Å². The lowest BCUT2D eigenvalue weighted by atomic mass is 10.0. The van der Waals surface area contributed by atoms with Gasteiger partial charge in [-0.15, -0.1) is 0 Å². The second kappa shape index (κ2) is 8.34. The highest BCUT2D eigenvalue weighted by atomic mass is 16.4. The van der Waals surface area contributed by atoms with E-state index in [0.29, 0.717) is 25.9 Å². The lowest BCUT2D eigenvalue weighted by Gasteiger charge is -2.32. The van der Waals surface area contributed by atoms with Crippen LogP contribution in [0.25, 0.3) is 11.3 Å². The summed E-state index contributed by atoms with van der Waals surface area (Å²) in [6.07, 6.45) is 5.68. The Balaban J connectivity index is 1.27. The Morgan fingerprint density at radius 1 is 1.10 bits per heavy atom. The van der Waals surface area contributed by atoms with E-state index >= 15 is 0 Å². The summed E-state index contributed by atoms with van der Waals surface area (Å²) in [6.45, 7) is 1.34. The van der Waals surface area contributed by atoms with Gasteiger partial charge in [0.25, 0.3) is 0 Å². The summed E-state index contributed by atoms with van der Waals surface area (Å²) < 4.78 is 1.72. The van der Waals surface area contributed by atoms with Crippen molar-refractivity contribution in [2.75, 3.05) is 13.1 Å². The zero-order chi connectivity index (χ0) is 20.2. The molecule has 4 rings (SSSR count). The highest BCUT2D eigenvalue weighted by Crippen LogP contribution is 2.23. The van der Waals surface area contributed by atoms with Gasteiger partial charge in [0.15, 0.2) is 0 Å². The molecule has 1 aliphatic rings. The Kier molecular flexibility index (Phi) is 5.46. The first-order chi connectivity index (χ1) is 14.1. The monoisotopic (exact) mass is 392 g/mol. The van der Waals surface area contributed by atoms with Gasteiger partial charge in [-0.25, -0.2) is 4.79 Å². The van der Waals surface area contributed by atoms with Gasteiger partial charge in [0.05, 0.1) is 17.8 Å². The van der Waals surface area contributed by atoms with Crippen molar-refractivity contribution >= 4 is 11.9 Å². The number of benzene rings is 1. The number of aromatic carboxylic acids is 1. The van der Waals surface area contributed by atoms with Crippen LogP contribution < -0.4 is 0 Å². The van der Waals surface area contributed by atoms with E-state index in [9.17, 15) is 9.59 Å². The Labute approximate surface area is 169 Å². The summed E-state index contributed by atoms with van der Waals surface area (Å²) in [5, 5.41) is 13.2. The second-order valence-corrected chi connectivity index (χ2v) is 7.39. The van der Waals surface area contributed by atoms with Crippen molar-refractivity contribution < 1.29 is 14.7 Å². The van der Waals surface area contributed by atoms with Crippen LogP contribution >= 0.6 is 0 Å². The minimum absolute atomic E-state index is 0.143. The third-order valence-corrected chi connectivity index (χ3v) is 5.48. The maximum absolute atomic E-state index is 12.6. The van der Waals surface area contributed by atoms with Crippen LogP contribution in [0, 0.1) is 0 Å². The first kappa shape index (κ1) is 19.0. The number of hydrogen-bond donors (Lipinski definition) is 2. The quantitative estimate of drug-likeness (QED) is 0.673. The number of carbonyl (C=O) groups excluding carboxylic acids is 1. The fourth-order valence-electron chi connectivity index (χ4n) is 3.80. The topological polar surface area (TPSA) is 91.2 Å². The average molecular weight is 392 g/mol. The number of likely N-dealkylation sites (tertiary alicyclic amines) is 1. The fraction of sp³-hybridized carbons (Fsp3) is 0.318. The van der Waals surface area contributed by atoms with E-state index in [1.165, 1.54) is 6.20 Å². The number of hydrogen-bond acceptors (Lipinski definition) is 3. The zero-order valence-corrected chi connectivity index (χ0v) is 16.1. The normalized spacial score (nSPS) is 14.8. The maximum atomic E-state index is 12.6. The maximum Gasteiger partial charge on any atom is 0.338 e. The van der Waals surface area contributed by atoms with Crippen molar-refractivity contribution in [3.8, 4) is 11.3 Å². The number of aromatic nitrogens is 3. The molecule has 1 amide bonds. The van der Waals surface area contributed by atoms with E-state index in [4.69, 9.17) is 5.11 Å². The molecule has 7 nitrogen and oxygen atoms in total. The van der Waals surface area contributed by atoms with Gasteiger partial charge in [-0.2, -0.15) is 5.10 Å². The van der Waals surface area contributed by atoms with Gasteiger partial charge in [0, 0.05) is 37.1 Å². The molecule has 0 atom stereocenters. The summed E-state index contributed by atoms with van der Waals surface area (Å²) in [7, 11) is 0. The van der Waals surface area contributed by atoms with E-state index in [1.807, 2.05) is 29.2 Å². The molecule has 2 aromatic heterocycles. The number of rotatable bonds is 6. The van der Waals surface area contributed by atoms with Crippen LogP contribution in [0.3, 0.4) is 0 Å². The zero-order valence-electron chi connectivity index (χ0n) is 16.1. The Morgan fingerprint density at radius 2 is 1.86 bits per heavy atom. The first-order valence-electron chi connectivity index (χ1n) is 9.88. The first-order valence-corrected chi connectivity index (χ1v) is 9.88. The molecule has 0 unspecified atom stereocenters. The number of amides is 1. The molecule has 0 bridgehead atoms. The van der Waals surface area contributed by atoms with Gasteiger partial charge in [0.1, 0.15) is 0 Å². The highest BCUT2D eigenvalue weighted by Gasteiger charge is 2.24. The summed E-state index contributed by atoms with van der Waals surface area (Å²) in [5.41, 5.74) is 3.46. The average Bonchev–Trinajstić information content (AvgIpc) is 3.43. The van der Waals surface area contributed by atoms with Crippen LogP contribution in [0.15, 0.2) is 54.9 Å². The Bertz CT molecular complexity index is 984. The molecule has 0 aliphatic carbocycles. The number of carbonyl (C=O) groups is 2. The molecule has 1 fully saturated rings. The summed E-state index contributed by atoms with van der Waals surface area (Å²) >= 11 is 0. The number of nitrogens with zero attached hydrogens (tertiary/aromatic N) is 3. The number of aryl methyl sites for hydroxylation is 1. The number of carboxylic acid groups (broad SMARTS) is 1. The smallest absolute Gasteiger partial charge is 0.338 e. The van der Waals surface area contributed by atoms with Crippen molar-refractivity contribution in [2.45, 2.75) is 31.7 Å². The van der Waals surface area contributed by atoms with Gasteiger partial charge < -0.3 is 15.0 Å². The number of piperidine rings is 1. The van der Waals surface area contributed by atoms with Gasteiger partial charge in [-0.3, -0.25) is 9.48 Å². The lowest BCUT2D eigenvalue weighted by molar-refractivity contribution is -0.132. The Morgan fingerprint density at radius 3 is 2.55 bits per heavy atom.